The number of nitrogens with one attached hydrogen (secondary N) is 1. The van der Waals surface area contributed by atoms with E-state index in [1.165, 1.54) is 6.42 Å². The summed E-state index contributed by atoms with van der Waals surface area (Å²) in [4.78, 5) is 26.1. The third-order valence-electron chi connectivity index (χ3n) is 4.55. The number of nitrogens with zero attached hydrogens (tertiary/aromatic N) is 1. The second-order valence-corrected chi connectivity index (χ2v) is 6.32. The number of anilines is 1. The van der Waals surface area contributed by atoms with Gasteiger partial charge in [0, 0.05) is 17.3 Å². The highest BCUT2D eigenvalue weighted by Gasteiger charge is 2.23. The summed E-state index contributed by atoms with van der Waals surface area (Å²) in [6.45, 7) is 0.443. The van der Waals surface area contributed by atoms with E-state index in [4.69, 9.17) is 5.73 Å². The van der Waals surface area contributed by atoms with E-state index < -0.39 is 0 Å². The Balaban J connectivity index is 1.77. The topological polar surface area (TPSA) is 75.4 Å². The Kier molecular flexibility index (Phi) is 5.46. The fourth-order valence-corrected chi connectivity index (χ4v) is 2.79. The van der Waals surface area contributed by atoms with Crippen molar-refractivity contribution in [3.8, 4) is 0 Å². The van der Waals surface area contributed by atoms with E-state index in [1.807, 2.05) is 42.5 Å². The molecule has 2 amide bonds. The number of rotatable bonds is 6. The van der Waals surface area contributed by atoms with Crippen LogP contribution in [0.4, 0.5) is 10.5 Å². The van der Waals surface area contributed by atoms with Gasteiger partial charge in [-0.15, -0.1) is 0 Å². The highest BCUT2D eigenvalue weighted by atomic mass is 16.2. The highest BCUT2D eigenvalue weighted by Crippen LogP contribution is 2.21. The van der Waals surface area contributed by atoms with Crippen LogP contribution in [0.25, 0.3) is 0 Å². The summed E-state index contributed by atoms with van der Waals surface area (Å²) < 4.78 is 0. The van der Waals surface area contributed by atoms with Crippen molar-refractivity contribution in [3.05, 3.63) is 65.7 Å². The normalized spacial score (nSPS) is 13.8. The highest BCUT2D eigenvalue weighted by molar-refractivity contribution is 5.97. The van der Waals surface area contributed by atoms with E-state index in [0.717, 1.165) is 24.1 Å². The SMILES string of the molecule is NCC(=O)c1ccc(CN(C(=O)NC2CCC2)c2ccccc2)cc1. The number of para-hydroxylation sites is 1. The molecule has 0 radical (unpaired) electrons. The lowest BCUT2D eigenvalue weighted by atomic mass is 9.93. The lowest BCUT2D eigenvalue weighted by Gasteiger charge is -2.31. The molecular formula is C20H23N3O2. The third kappa shape index (κ3) is 4.25. The molecule has 0 aromatic heterocycles. The van der Waals surface area contributed by atoms with Crippen LogP contribution in [0.15, 0.2) is 54.6 Å². The van der Waals surface area contributed by atoms with E-state index in [2.05, 4.69) is 5.32 Å². The quantitative estimate of drug-likeness (QED) is 0.795. The van der Waals surface area contributed by atoms with Crippen molar-refractivity contribution >= 4 is 17.5 Å². The molecule has 1 aliphatic carbocycles. The number of benzene rings is 2. The first-order valence-electron chi connectivity index (χ1n) is 8.62. The van der Waals surface area contributed by atoms with Crippen LogP contribution >= 0.6 is 0 Å². The van der Waals surface area contributed by atoms with Crippen molar-refractivity contribution < 1.29 is 9.59 Å². The van der Waals surface area contributed by atoms with Crippen LogP contribution in [-0.4, -0.2) is 24.4 Å². The van der Waals surface area contributed by atoms with Gasteiger partial charge in [-0.3, -0.25) is 9.69 Å². The van der Waals surface area contributed by atoms with E-state index in [0.29, 0.717) is 12.1 Å². The van der Waals surface area contributed by atoms with Gasteiger partial charge in [0.25, 0.3) is 0 Å². The zero-order valence-corrected chi connectivity index (χ0v) is 14.2. The molecule has 5 nitrogen and oxygen atoms in total. The van der Waals surface area contributed by atoms with Crippen LogP contribution in [0.3, 0.4) is 0 Å². The first-order valence-corrected chi connectivity index (χ1v) is 8.62. The van der Waals surface area contributed by atoms with E-state index in [1.54, 1.807) is 17.0 Å². The maximum atomic E-state index is 12.7. The molecule has 2 aromatic carbocycles. The molecule has 0 atom stereocenters. The van der Waals surface area contributed by atoms with Crippen molar-refractivity contribution in [3.63, 3.8) is 0 Å². The van der Waals surface area contributed by atoms with Crippen molar-refractivity contribution in [1.82, 2.24) is 5.32 Å². The second kappa shape index (κ2) is 7.94. The molecule has 0 unspecified atom stereocenters. The molecule has 5 heteroatoms. The molecule has 0 aliphatic heterocycles. The maximum Gasteiger partial charge on any atom is 0.322 e. The summed E-state index contributed by atoms with van der Waals surface area (Å²) in [5.74, 6) is -0.0887. The predicted octanol–water partition coefficient (Wildman–Crippen LogP) is 3.10. The molecule has 1 saturated carbocycles. The lowest BCUT2D eigenvalue weighted by molar-refractivity contribution is 0.100. The number of Topliss-reactive ketones (excluding diaryl/α,β-unsaturated/α-hetero) is 1. The number of carbonyl (C=O) groups excluding carboxylic acids is 2. The summed E-state index contributed by atoms with van der Waals surface area (Å²) in [6.07, 6.45) is 3.27. The summed E-state index contributed by atoms with van der Waals surface area (Å²) in [6, 6.07) is 17.1. The zero-order chi connectivity index (χ0) is 17.6. The molecule has 1 fully saturated rings. The van der Waals surface area contributed by atoms with Crippen molar-refractivity contribution in [2.75, 3.05) is 11.4 Å². The minimum absolute atomic E-state index is 0.000713. The first-order chi connectivity index (χ1) is 12.2. The van der Waals surface area contributed by atoms with Gasteiger partial charge in [0.15, 0.2) is 5.78 Å². The molecule has 1 aliphatic rings. The molecular weight excluding hydrogens is 314 g/mol. The van der Waals surface area contributed by atoms with Crippen LogP contribution in [0.2, 0.25) is 0 Å². The Bertz CT molecular complexity index is 724. The van der Waals surface area contributed by atoms with Crippen LogP contribution in [-0.2, 0) is 6.54 Å². The van der Waals surface area contributed by atoms with E-state index in [-0.39, 0.29) is 24.4 Å². The van der Waals surface area contributed by atoms with Gasteiger partial charge in [0.05, 0.1) is 13.1 Å². The summed E-state index contributed by atoms with van der Waals surface area (Å²) in [5, 5.41) is 3.09. The minimum Gasteiger partial charge on any atom is -0.335 e. The van der Waals surface area contributed by atoms with E-state index >= 15 is 0 Å². The predicted molar refractivity (Wildman–Crippen MR) is 98.6 cm³/mol. The number of amides is 2. The molecule has 2 aromatic rings. The molecule has 0 saturated heterocycles. The van der Waals surface area contributed by atoms with Gasteiger partial charge in [-0.05, 0) is 37.0 Å². The van der Waals surface area contributed by atoms with Crippen molar-refractivity contribution in [2.24, 2.45) is 5.73 Å². The number of ketones is 1. The fraction of sp³-hybridized carbons (Fsp3) is 0.300. The fourth-order valence-electron chi connectivity index (χ4n) is 2.79. The van der Waals surface area contributed by atoms with Gasteiger partial charge in [0.1, 0.15) is 0 Å². The lowest BCUT2D eigenvalue weighted by Crippen LogP contribution is -2.47. The van der Waals surface area contributed by atoms with Crippen LogP contribution in [0.1, 0.15) is 35.2 Å². The number of carbonyl (C=O) groups is 2. The maximum absolute atomic E-state index is 12.7. The monoisotopic (exact) mass is 337 g/mol. The Labute approximate surface area is 147 Å². The number of urea groups is 1. The Morgan fingerprint density at radius 2 is 1.72 bits per heavy atom. The van der Waals surface area contributed by atoms with Gasteiger partial charge in [-0.2, -0.15) is 0 Å². The molecule has 3 N–H and O–H groups in total. The average molecular weight is 337 g/mol. The second-order valence-electron chi connectivity index (χ2n) is 6.32. The zero-order valence-electron chi connectivity index (χ0n) is 14.2. The first kappa shape index (κ1) is 17.2. The minimum atomic E-state index is -0.0887. The van der Waals surface area contributed by atoms with Crippen LogP contribution < -0.4 is 16.0 Å². The standard InChI is InChI=1S/C20H23N3O2/c21-13-19(24)16-11-9-15(10-12-16)14-23(18-7-2-1-3-8-18)20(25)22-17-5-4-6-17/h1-3,7-12,17H,4-6,13-14,21H2,(H,22,25). The van der Waals surface area contributed by atoms with Crippen molar-refractivity contribution in [2.45, 2.75) is 31.8 Å². The third-order valence-corrected chi connectivity index (χ3v) is 4.55. The van der Waals surface area contributed by atoms with Crippen molar-refractivity contribution in [1.29, 1.82) is 0 Å². The van der Waals surface area contributed by atoms with Gasteiger partial charge in [0.2, 0.25) is 0 Å². The Morgan fingerprint density at radius 3 is 2.28 bits per heavy atom. The number of nitrogens with two attached hydrogens (primary N) is 1. The number of hydrogen-bond donors (Lipinski definition) is 2. The summed E-state index contributed by atoms with van der Waals surface area (Å²) in [7, 11) is 0. The van der Waals surface area contributed by atoms with Crippen LogP contribution in [0.5, 0.6) is 0 Å². The molecule has 3 rings (SSSR count). The van der Waals surface area contributed by atoms with Gasteiger partial charge >= 0.3 is 6.03 Å². The molecule has 0 heterocycles. The molecule has 25 heavy (non-hydrogen) atoms. The Hall–Kier alpha value is -2.66. The molecule has 0 bridgehead atoms. The van der Waals surface area contributed by atoms with Crippen LogP contribution in [0, 0.1) is 0 Å². The molecule has 0 spiro atoms. The summed E-state index contributed by atoms with van der Waals surface area (Å²) >= 11 is 0. The van der Waals surface area contributed by atoms with E-state index in [9.17, 15) is 9.59 Å². The van der Waals surface area contributed by atoms with Gasteiger partial charge in [-0.1, -0.05) is 42.5 Å². The van der Waals surface area contributed by atoms with Gasteiger partial charge in [-0.25, -0.2) is 4.79 Å². The van der Waals surface area contributed by atoms with Gasteiger partial charge < -0.3 is 11.1 Å². The Morgan fingerprint density at radius 1 is 1.04 bits per heavy atom. The number of hydrogen-bond acceptors (Lipinski definition) is 3. The average Bonchev–Trinajstić information content (AvgIpc) is 2.63. The molecule has 130 valence electrons. The smallest absolute Gasteiger partial charge is 0.322 e. The summed E-state index contributed by atoms with van der Waals surface area (Å²) in [5.41, 5.74) is 7.79. The largest absolute Gasteiger partial charge is 0.335 e.